The summed E-state index contributed by atoms with van der Waals surface area (Å²) in [5.74, 6) is -2.51. The van der Waals surface area contributed by atoms with Crippen molar-refractivity contribution in [2.45, 2.75) is 43.4 Å². The molecule has 1 atom stereocenters. The molecule has 0 N–H and O–H groups in total. The second-order valence-corrected chi connectivity index (χ2v) is 9.27. The molecule has 0 spiro atoms. The highest BCUT2D eigenvalue weighted by Gasteiger charge is 2.37. The Labute approximate surface area is 148 Å². The summed E-state index contributed by atoms with van der Waals surface area (Å²) in [7, 11) is -3.47. The molecule has 0 radical (unpaired) electrons. The van der Waals surface area contributed by atoms with Gasteiger partial charge in [0.2, 0.25) is 15.9 Å². The van der Waals surface area contributed by atoms with Crippen LogP contribution in [0.25, 0.3) is 0 Å². The molecule has 4 nitrogen and oxygen atoms in total. The molecule has 0 amide bonds. The standard InChI is InChI=1S/C18H26F2N2O2S/c1-15-4-6-17(7-5-15)25(23,24)22-11-9-21(10-12-22)14-16-3-2-8-18(19,20)13-16/h4-7,16H,2-3,8-14H2,1H3/t16-/m1/s1. The van der Waals surface area contributed by atoms with Crippen molar-refractivity contribution in [1.29, 1.82) is 0 Å². The first-order valence-electron chi connectivity index (χ1n) is 8.93. The number of piperazine rings is 1. The number of sulfonamides is 1. The van der Waals surface area contributed by atoms with Gasteiger partial charge in [-0.05, 0) is 37.8 Å². The monoisotopic (exact) mass is 372 g/mol. The van der Waals surface area contributed by atoms with Crippen LogP contribution < -0.4 is 0 Å². The van der Waals surface area contributed by atoms with Crippen LogP contribution in [-0.4, -0.2) is 56.3 Å². The lowest BCUT2D eigenvalue weighted by Crippen LogP contribution is -2.50. The van der Waals surface area contributed by atoms with Crippen molar-refractivity contribution in [1.82, 2.24) is 9.21 Å². The van der Waals surface area contributed by atoms with Gasteiger partial charge >= 0.3 is 0 Å². The average molecular weight is 372 g/mol. The highest BCUT2D eigenvalue weighted by Crippen LogP contribution is 2.37. The van der Waals surface area contributed by atoms with Crippen molar-refractivity contribution in [2.75, 3.05) is 32.7 Å². The summed E-state index contributed by atoms with van der Waals surface area (Å²) in [5, 5.41) is 0. The number of hydrogen-bond acceptors (Lipinski definition) is 3. The van der Waals surface area contributed by atoms with E-state index in [2.05, 4.69) is 4.90 Å². The van der Waals surface area contributed by atoms with Crippen LogP contribution in [0.2, 0.25) is 0 Å². The van der Waals surface area contributed by atoms with Crippen LogP contribution in [0.3, 0.4) is 0 Å². The van der Waals surface area contributed by atoms with E-state index in [-0.39, 0.29) is 18.8 Å². The van der Waals surface area contributed by atoms with Crippen LogP contribution in [0.5, 0.6) is 0 Å². The highest BCUT2D eigenvalue weighted by molar-refractivity contribution is 7.89. The maximum atomic E-state index is 13.5. The second kappa shape index (κ2) is 7.29. The lowest BCUT2D eigenvalue weighted by atomic mass is 9.86. The Morgan fingerprint density at radius 1 is 1.12 bits per heavy atom. The molecule has 140 valence electrons. The average Bonchev–Trinajstić information content (AvgIpc) is 2.55. The third-order valence-corrected chi connectivity index (χ3v) is 7.16. The molecule has 2 aliphatic rings. The zero-order valence-electron chi connectivity index (χ0n) is 14.6. The largest absolute Gasteiger partial charge is 0.300 e. The summed E-state index contributed by atoms with van der Waals surface area (Å²) in [6.45, 7) is 4.61. The smallest absolute Gasteiger partial charge is 0.248 e. The number of benzene rings is 1. The molecule has 0 unspecified atom stereocenters. The van der Waals surface area contributed by atoms with Gasteiger partial charge in [-0.2, -0.15) is 4.31 Å². The number of hydrogen-bond donors (Lipinski definition) is 0. The molecule has 0 bridgehead atoms. The molecule has 1 saturated carbocycles. The highest BCUT2D eigenvalue weighted by atomic mass is 32.2. The fourth-order valence-electron chi connectivity index (χ4n) is 3.81. The Kier molecular flexibility index (Phi) is 5.46. The molecule has 25 heavy (non-hydrogen) atoms. The summed E-state index contributed by atoms with van der Waals surface area (Å²) >= 11 is 0. The number of nitrogens with zero attached hydrogens (tertiary/aromatic N) is 2. The number of halogens is 2. The van der Waals surface area contributed by atoms with Crippen molar-refractivity contribution in [3.63, 3.8) is 0 Å². The molecule has 1 saturated heterocycles. The molecule has 0 aromatic heterocycles. The molecular weight excluding hydrogens is 346 g/mol. The Morgan fingerprint density at radius 3 is 2.36 bits per heavy atom. The second-order valence-electron chi connectivity index (χ2n) is 7.34. The summed E-state index contributed by atoms with van der Waals surface area (Å²) in [4.78, 5) is 2.45. The summed E-state index contributed by atoms with van der Waals surface area (Å²) < 4.78 is 54.0. The molecule has 3 rings (SSSR count). The first kappa shape index (κ1) is 18.7. The van der Waals surface area contributed by atoms with E-state index in [0.717, 1.165) is 12.0 Å². The Balaban J connectivity index is 1.55. The van der Waals surface area contributed by atoms with Crippen molar-refractivity contribution in [3.05, 3.63) is 29.8 Å². The van der Waals surface area contributed by atoms with Gasteiger partial charge in [0.15, 0.2) is 0 Å². The van der Waals surface area contributed by atoms with E-state index < -0.39 is 15.9 Å². The van der Waals surface area contributed by atoms with Crippen LogP contribution in [-0.2, 0) is 10.0 Å². The number of aryl methyl sites for hydroxylation is 1. The van der Waals surface area contributed by atoms with E-state index in [1.165, 1.54) is 4.31 Å². The van der Waals surface area contributed by atoms with E-state index in [4.69, 9.17) is 0 Å². The lowest BCUT2D eigenvalue weighted by Gasteiger charge is -2.37. The van der Waals surface area contributed by atoms with Gasteiger partial charge in [-0.15, -0.1) is 0 Å². The molecule has 2 fully saturated rings. The molecule has 1 aromatic rings. The lowest BCUT2D eigenvalue weighted by molar-refractivity contribution is -0.0577. The van der Waals surface area contributed by atoms with Gasteiger partial charge in [0.1, 0.15) is 0 Å². The van der Waals surface area contributed by atoms with Gasteiger partial charge < -0.3 is 4.90 Å². The van der Waals surface area contributed by atoms with Crippen LogP contribution in [0.4, 0.5) is 8.78 Å². The SMILES string of the molecule is Cc1ccc(S(=O)(=O)N2CCN(C[C@@H]3CCCC(F)(F)C3)CC2)cc1. The minimum atomic E-state index is -3.47. The van der Waals surface area contributed by atoms with Gasteiger partial charge in [0, 0.05) is 45.6 Å². The van der Waals surface area contributed by atoms with Crippen molar-refractivity contribution in [2.24, 2.45) is 5.92 Å². The maximum absolute atomic E-state index is 13.5. The van der Waals surface area contributed by atoms with Crippen molar-refractivity contribution >= 4 is 10.0 Å². The molecular formula is C18H26F2N2O2S. The van der Waals surface area contributed by atoms with Gasteiger partial charge in [-0.25, -0.2) is 17.2 Å². The zero-order chi connectivity index (χ0) is 18.1. The van der Waals surface area contributed by atoms with Crippen LogP contribution in [0.1, 0.15) is 31.2 Å². The Hall–Kier alpha value is -1.05. The third-order valence-electron chi connectivity index (χ3n) is 5.25. The predicted octanol–water partition coefficient (Wildman–Crippen LogP) is 3.13. The third kappa shape index (κ3) is 4.57. The van der Waals surface area contributed by atoms with E-state index >= 15 is 0 Å². The van der Waals surface area contributed by atoms with Crippen molar-refractivity contribution in [3.8, 4) is 0 Å². The van der Waals surface area contributed by atoms with E-state index in [1.54, 1.807) is 24.3 Å². The normalized spacial score (nSPS) is 25.8. The summed E-state index contributed by atoms with van der Waals surface area (Å²) in [5.41, 5.74) is 1.02. The first-order chi connectivity index (χ1) is 11.8. The Bertz CT molecular complexity index is 684. The topological polar surface area (TPSA) is 40.6 Å². The summed E-state index contributed by atoms with van der Waals surface area (Å²) in [6, 6.07) is 6.88. The fraction of sp³-hybridized carbons (Fsp3) is 0.667. The van der Waals surface area contributed by atoms with Gasteiger partial charge in [0.25, 0.3) is 0 Å². The van der Waals surface area contributed by atoms with E-state index in [1.807, 2.05) is 6.92 Å². The fourth-order valence-corrected chi connectivity index (χ4v) is 5.23. The van der Waals surface area contributed by atoms with Crippen LogP contribution in [0, 0.1) is 12.8 Å². The molecule has 1 aliphatic carbocycles. The van der Waals surface area contributed by atoms with Gasteiger partial charge in [-0.1, -0.05) is 17.7 Å². The Morgan fingerprint density at radius 2 is 1.76 bits per heavy atom. The van der Waals surface area contributed by atoms with Gasteiger partial charge in [-0.3, -0.25) is 0 Å². The molecule has 1 heterocycles. The minimum Gasteiger partial charge on any atom is -0.300 e. The van der Waals surface area contributed by atoms with Gasteiger partial charge in [0.05, 0.1) is 4.90 Å². The van der Waals surface area contributed by atoms with E-state index in [9.17, 15) is 17.2 Å². The molecule has 1 aliphatic heterocycles. The zero-order valence-corrected chi connectivity index (χ0v) is 15.4. The van der Waals surface area contributed by atoms with Crippen molar-refractivity contribution < 1.29 is 17.2 Å². The minimum absolute atomic E-state index is 0.00602. The number of rotatable bonds is 4. The first-order valence-corrected chi connectivity index (χ1v) is 10.4. The summed E-state index contributed by atoms with van der Waals surface area (Å²) in [6.07, 6.45) is 1.40. The maximum Gasteiger partial charge on any atom is 0.248 e. The van der Waals surface area contributed by atoms with Crippen LogP contribution in [0.15, 0.2) is 29.2 Å². The number of alkyl halides is 2. The van der Waals surface area contributed by atoms with Crippen LogP contribution >= 0.6 is 0 Å². The predicted molar refractivity (Wildman–Crippen MR) is 93.3 cm³/mol. The molecule has 1 aromatic carbocycles. The van der Waals surface area contributed by atoms with E-state index in [0.29, 0.717) is 44.0 Å². The quantitative estimate of drug-likeness (QED) is 0.815. The molecule has 7 heteroatoms.